The molecule has 2 rings (SSSR count). The van der Waals surface area contributed by atoms with E-state index in [0.29, 0.717) is 18.0 Å². The van der Waals surface area contributed by atoms with Crippen molar-refractivity contribution < 1.29 is 9.90 Å². The minimum Gasteiger partial charge on any atom is -0.480 e. The highest BCUT2D eigenvalue weighted by molar-refractivity contribution is 5.73. The van der Waals surface area contributed by atoms with Gasteiger partial charge in [-0.1, -0.05) is 0 Å². The van der Waals surface area contributed by atoms with E-state index >= 15 is 0 Å². The van der Waals surface area contributed by atoms with Crippen LogP contribution in [0.5, 0.6) is 0 Å². The summed E-state index contributed by atoms with van der Waals surface area (Å²) in [7, 11) is 1.93. The molecule has 98 valence electrons. The van der Waals surface area contributed by atoms with Crippen molar-refractivity contribution in [3.8, 4) is 0 Å². The molecule has 2 saturated heterocycles. The minimum atomic E-state index is -0.669. The van der Waals surface area contributed by atoms with Gasteiger partial charge in [0.05, 0.1) is 0 Å². The number of carboxylic acid groups (broad SMARTS) is 1. The fourth-order valence-electron chi connectivity index (χ4n) is 3.43. The van der Waals surface area contributed by atoms with Crippen LogP contribution in [-0.2, 0) is 4.79 Å². The predicted molar refractivity (Wildman–Crippen MR) is 67.0 cm³/mol. The Kier molecular flexibility index (Phi) is 3.73. The summed E-state index contributed by atoms with van der Waals surface area (Å²) in [4.78, 5) is 15.6. The number of hydrogen-bond donors (Lipinski definition) is 1. The molecule has 4 unspecified atom stereocenters. The molecular weight excluding hydrogens is 216 g/mol. The van der Waals surface area contributed by atoms with Crippen LogP contribution in [0, 0.1) is 5.92 Å². The number of carboxylic acids is 1. The molecule has 0 aromatic rings. The van der Waals surface area contributed by atoms with Crippen molar-refractivity contribution in [1.82, 2.24) is 9.80 Å². The largest absolute Gasteiger partial charge is 0.480 e. The van der Waals surface area contributed by atoms with Gasteiger partial charge in [0.15, 0.2) is 0 Å². The number of aliphatic carboxylic acids is 1. The van der Waals surface area contributed by atoms with E-state index in [1.165, 1.54) is 12.8 Å². The Morgan fingerprint density at radius 2 is 1.88 bits per heavy atom. The molecule has 2 fully saturated rings. The molecule has 4 nitrogen and oxygen atoms in total. The monoisotopic (exact) mass is 240 g/mol. The molecule has 2 aliphatic rings. The first-order valence-electron chi connectivity index (χ1n) is 6.67. The summed E-state index contributed by atoms with van der Waals surface area (Å²) in [6, 6.07) is 1.06. The molecule has 0 aromatic carbocycles. The molecule has 0 saturated carbocycles. The average molecular weight is 240 g/mol. The number of likely N-dealkylation sites (N-methyl/N-ethyl adjacent to an activating group) is 1. The van der Waals surface area contributed by atoms with Gasteiger partial charge >= 0.3 is 5.97 Å². The molecule has 1 N–H and O–H groups in total. The van der Waals surface area contributed by atoms with Crippen LogP contribution < -0.4 is 0 Å². The summed E-state index contributed by atoms with van der Waals surface area (Å²) in [5.74, 6) is -0.151. The zero-order valence-electron chi connectivity index (χ0n) is 11.1. The average Bonchev–Trinajstić information content (AvgIpc) is 2.76. The minimum absolute atomic E-state index is 0.270. The van der Waals surface area contributed by atoms with Crippen molar-refractivity contribution in [1.29, 1.82) is 0 Å². The van der Waals surface area contributed by atoms with Gasteiger partial charge in [0.25, 0.3) is 0 Å². The smallest absolute Gasteiger partial charge is 0.320 e. The Morgan fingerprint density at radius 1 is 1.29 bits per heavy atom. The van der Waals surface area contributed by atoms with Crippen molar-refractivity contribution in [3.05, 3.63) is 0 Å². The summed E-state index contributed by atoms with van der Waals surface area (Å²) in [5, 5.41) is 9.11. The van der Waals surface area contributed by atoms with Gasteiger partial charge in [0.1, 0.15) is 6.04 Å². The normalized spacial score (nSPS) is 39.9. The number of rotatable bonds is 3. The lowest BCUT2D eigenvalue weighted by Crippen LogP contribution is -2.37. The summed E-state index contributed by atoms with van der Waals surface area (Å²) < 4.78 is 0. The van der Waals surface area contributed by atoms with Crippen molar-refractivity contribution >= 4 is 5.97 Å². The van der Waals surface area contributed by atoms with Crippen LogP contribution in [-0.4, -0.2) is 59.1 Å². The zero-order chi connectivity index (χ0) is 12.6. The Hall–Kier alpha value is -0.610. The first kappa shape index (κ1) is 12.8. The Labute approximate surface area is 104 Å². The molecule has 0 aliphatic carbocycles. The molecular formula is C13H24N2O2. The highest BCUT2D eigenvalue weighted by Crippen LogP contribution is 2.29. The van der Waals surface area contributed by atoms with Gasteiger partial charge < -0.3 is 5.11 Å². The zero-order valence-corrected chi connectivity index (χ0v) is 11.1. The first-order valence-corrected chi connectivity index (χ1v) is 6.67. The summed E-state index contributed by atoms with van der Waals surface area (Å²) in [5.41, 5.74) is 0. The van der Waals surface area contributed by atoms with E-state index in [-0.39, 0.29) is 6.04 Å². The van der Waals surface area contributed by atoms with Gasteiger partial charge in [0.2, 0.25) is 0 Å². The first-order chi connectivity index (χ1) is 7.99. The molecule has 0 amide bonds. The summed E-state index contributed by atoms with van der Waals surface area (Å²) in [6.45, 7) is 6.57. The van der Waals surface area contributed by atoms with Crippen LogP contribution >= 0.6 is 0 Å². The standard InChI is InChI=1S/C13H24N2O2/c1-9-4-5-10(2)15(9)8-11-6-12(13(16)17)14(3)7-11/h9-12H,4-8H2,1-3H3,(H,16,17). The molecule has 2 heterocycles. The van der Waals surface area contributed by atoms with E-state index in [1.807, 2.05) is 11.9 Å². The van der Waals surface area contributed by atoms with Crippen molar-refractivity contribution in [2.24, 2.45) is 5.92 Å². The van der Waals surface area contributed by atoms with Crippen molar-refractivity contribution in [3.63, 3.8) is 0 Å². The van der Waals surface area contributed by atoms with E-state index in [2.05, 4.69) is 18.7 Å². The van der Waals surface area contributed by atoms with Gasteiger partial charge in [0, 0.05) is 25.2 Å². The Balaban J connectivity index is 1.91. The third kappa shape index (κ3) is 2.63. The maximum absolute atomic E-state index is 11.1. The van der Waals surface area contributed by atoms with E-state index in [9.17, 15) is 4.79 Å². The fourth-order valence-corrected chi connectivity index (χ4v) is 3.43. The van der Waals surface area contributed by atoms with Crippen LogP contribution in [0.15, 0.2) is 0 Å². The molecule has 2 aliphatic heterocycles. The van der Waals surface area contributed by atoms with Gasteiger partial charge in [-0.3, -0.25) is 14.6 Å². The van der Waals surface area contributed by atoms with Crippen molar-refractivity contribution in [2.75, 3.05) is 20.1 Å². The predicted octanol–water partition coefficient (Wildman–Crippen LogP) is 1.26. The maximum atomic E-state index is 11.1. The summed E-state index contributed by atoms with van der Waals surface area (Å²) in [6.07, 6.45) is 3.37. The Morgan fingerprint density at radius 3 is 2.35 bits per heavy atom. The van der Waals surface area contributed by atoms with Crippen LogP contribution in [0.3, 0.4) is 0 Å². The molecule has 4 heteroatoms. The number of likely N-dealkylation sites (tertiary alicyclic amines) is 2. The summed E-state index contributed by atoms with van der Waals surface area (Å²) >= 11 is 0. The van der Waals surface area contributed by atoms with Gasteiger partial charge in [-0.25, -0.2) is 0 Å². The van der Waals surface area contributed by atoms with E-state index < -0.39 is 5.97 Å². The van der Waals surface area contributed by atoms with E-state index in [1.54, 1.807) is 0 Å². The number of carbonyl (C=O) groups is 1. The number of nitrogens with zero attached hydrogens (tertiary/aromatic N) is 2. The van der Waals surface area contributed by atoms with Crippen LogP contribution in [0.4, 0.5) is 0 Å². The second-order valence-electron chi connectivity index (χ2n) is 5.87. The van der Waals surface area contributed by atoms with E-state index in [0.717, 1.165) is 19.5 Å². The SMILES string of the molecule is CC1CCC(C)N1CC1CC(C(=O)O)N(C)C1. The van der Waals surface area contributed by atoms with E-state index in [4.69, 9.17) is 5.11 Å². The molecule has 4 atom stereocenters. The second-order valence-corrected chi connectivity index (χ2v) is 5.87. The molecule has 0 bridgehead atoms. The molecule has 17 heavy (non-hydrogen) atoms. The fraction of sp³-hybridized carbons (Fsp3) is 0.923. The lowest BCUT2D eigenvalue weighted by atomic mass is 10.0. The van der Waals surface area contributed by atoms with Gasteiger partial charge in [-0.2, -0.15) is 0 Å². The van der Waals surface area contributed by atoms with Crippen molar-refractivity contribution in [2.45, 2.75) is 51.2 Å². The van der Waals surface area contributed by atoms with Gasteiger partial charge in [-0.15, -0.1) is 0 Å². The Bertz CT molecular complexity index is 285. The molecule has 0 aromatic heterocycles. The van der Waals surface area contributed by atoms with Crippen LogP contribution in [0.2, 0.25) is 0 Å². The third-order valence-corrected chi connectivity index (χ3v) is 4.52. The van der Waals surface area contributed by atoms with Crippen LogP contribution in [0.1, 0.15) is 33.1 Å². The lowest BCUT2D eigenvalue weighted by Gasteiger charge is -2.28. The lowest BCUT2D eigenvalue weighted by molar-refractivity contribution is -0.141. The molecule has 0 radical (unpaired) electrons. The number of hydrogen-bond acceptors (Lipinski definition) is 3. The third-order valence-electron chi connectivity index (χ3n) is 4.52. The topological polar surface area (TPSA) is 43.8 Å². The maximum Gasteiger partial charge on any atom is 0.320 e. The van der Waals surface area contributed by atoms with Gasteiger partial charge in [-0.05, 0) is 46.1 Å². The highest BCUT2D eigenvalue weighted by Gasteiger charge is 2.37. The van der Waals surface area contributed by atoms with Crippen LogP contribution in [0.25, 0.3) is 0 Å². The molecule has 0 spiro atoms. The quantitative estimate of drug-likeness (QED) is 0.806. The highest BCUT2D eigenvalue weighted by atomic mass is 16.4. The second kappa shape index (κ2) is 4.94.